The molecule has 1 aromatic carbocycles. The Bertz CT molecular complexity index is 866. The van der Waals surface area contributed by atoms with Gasteiger partial charge in [-0.3, -0.25) is 14.7 Å². The Morgan fingerprint density at radius 2 is 2.00 bits per heavy atom. The molecule has 1 unspecified atom stereocenters. The third-order valence-corrected chi connectivity index (χ3v) is 5.02. The molecular formula is C20H27N5O3S. The van der Waals surface area contributed by atoms with E-state index >= 15 is 0 Å². The SMILES string of the molecule is C=CCn1c(SC(C)C(=O)NC(=O)NCC(C)C)nnc1-c1ccccc1OC. The Balaban J connectivity index is 2.16. The number of hydrogen-bond donors (Lipinski definition) is 2. The summed E-state index contributed by atoms with van der Waals surface area (Å²) in [4.78, 5) is 24.2. The number of imide groups is 1. The number of methoxy groups -OCH3 is 1. The molecule has 0 bridgehead atoms. The first-order valence-corrected chi connectivity index (χ1v) is 10.2. The van der Waals surface area contributed by atoms with E-state index in [9.17, 15) is 9.59 Å². The molecule has 0 aliphatic rings. The lowest BCUT2D eigenvalue weighted by atomic mass is 10.2. The lowest BCUT2D eigenvalue weighted by molar-refractivity contribution is -0.119. The summed E-state index contributed by atoms with van der Waals surface area (Å²) < 4.78 is 7.28. The highest BCUT2D eigenvalue weighted by Gasteiger charge is 2.22. The van der Waals surface area contributed by atoms with Crippen molar-refractivity contribution in [3.05, 3.63) is 36.9 Å². The number of aromatic nitrogens is 3. The highest BCUT2D eigenvalue weighted by Crippen LogP contribution is 2.32. The van der Waals surface area contributed by atoms with Gasteiger partial charge >= 0.3 is 6.03 Å². The van der Waals surface area contributed by atoms with Crippen LogP contribution in [0.5, 0.6) is 5.75 Å². The minimum Gasteiger partial charge on any atom is -0.496 e. The number of nitrogens with one attached hydrogen (secondary N) is 2. The van der Waals surface area contributed by atoms with Crippen LogP contribution in [0.25, 0.3) is 11.4 Å². The number of carbonyl (C=O) groups excluding carboxylic acids is 2. The minimum atomic E-state index is -0.543. The molecule has 1 atom stereocenters. The van der Waals surface area contributed by atoms with Gasteiger partial charge in [0.25, 0.3) is 0 Å². The number of benzene rings is 1. The molecule has 0 saturated heterocycles. The fraction of sp³-hybridized carbons (Fsp3) is 0.400. The van der Waals surface area contributed by atoms with Crippen molar-refractivity contribution in [2.24, 2.45) is 5.92 Å². The number of thioether (sulfide) groups is 1. The summed E-state index contributed by atoms with van der Waals surface area (Å²) >= 11 is 1.22. The standard InChI is InChI=1S/C20H27N5O3S/c1-6-11-25-17(15-9-7-8-10-16(15)28-5)23-24-20(25)29-14(4)18(26)22-19(27)21-12-13(2)3/h6-10,13-14H,1,11-12H2,2-5H3,(H2,21,22,26,27). The van der Waals surface area contributed by atoms with Crippen LogP contribution in [-0.4, -0.2) is 45.6 Å². The molecule has 0 radical (unpaired) electrons. The molecule has 1 aromatic heterocycles. The lowest BCUT2D eigenvalue weighted by Gasteiger charge is -2.14. The van der Waals surface area contributed by atoms with Crippen molar-refractivity contribution in [1.82, 2.24) is 25.4 Å². The molecule has 156 valence electrons. The van der Waals surface area contributed by atoms with Crippen LogP contribution in [-0.2, 0) is 11.3 Å². The number of rotatable bonds is 9. The van der Waals surface area contributed by atoms with Gasteiger partial charge in [0.2, 0.25) is 5.91 Å². The lowest BCUT2D eigenvalue weighted by Crippen LogP contribution is -2.43. The van der Waals surface area contributed by atoms with Crippen LogP contribution >= 0.6 is 11.8 Å². The molecule has 0 aliphatic heterocycles. The maximum absolute atomic E-state index is 12.4. The summed E-state index contributed by atoms with van der Waals surface area (Å²) in [7, 11) is 1.60. The van der Waals surface area contributed by atoms with Crippen LogP contribution in [0.4, 0.5) is 4.79 Å². The molecule has 0 fully saturated rings. The predicted octanol–water partition coefficient (Wildman–Crippen LogP) is 3.10. The van der Waals surface area contributed by atoms with Crippen LogP contribution < -0.4 is 15.4 Å². The van der Waals surface area contributed by atoms with Gasteiger partial charge < -0.3 is 10.1 Å². The number of allylic oxidation sites excluding steroid dienone is 1. The van der Waals surface area contributed by atoms with E-state index in [-0.39, 0.29) is 0 Å². The number of amides is 3. The molecule has 2 rings (SSSR count). The number of para-hydroxylation sites is 1. The highest BCUT2D eigenvalue weighted by molar-refractivity contribution is 8.00. The summed E-state index contributed by atoms with van der Waals surface area (Å²) in [5.74, 6) is 1.19. The summed E-state index contributed by atoms with van der Waals surface area (Å²) in [6, 6.07) is 7.01. The Hall–Kier alpha value is -2.81. The van der Waals surface area contributed by atoms with Crippen LogP contribution in [0.3, 0.4) is 0 Å². The van der Waals surface area contributed by atoms with E-state index in [1.54, 1.807) is 20.1 Å². The predicted molar refractivity (Wildman–Crippen MR) is 114 cm³/mol. The van der Waals surface area contributed by atoms with E-state index in [1.807, 2.05) is 42.7 Å². The average Bonchev–Trinajstić information content (AvgIpc) is 3.08. The van der Waals surface area contributed by atoms with Crippen molar-refractivity contribution in [3.8, 4) is 17.1 Å². The molecule has 3 amide bonds. The second-order valence-corrected chi connectivity index (χ2v) is 8.07. The molecule has 0 aliphatic carbocycles. The third-order valence-electron chi connectivity index (χ3n) is 3.94. The zero-order chi connectivity index (χ0) is 21.4. The van der Waals surface area contributed by atoms with Gasteiger partial charge in [0.05, 0.1) is 17.9 Å². The summed E-state index contributed by atoms with van der Waals surface area (Å²) in [6.07, 6.45) is 1.73. The van der Waals surface area contributed by atoms with Crippen molar-refractivity contribution < 1.29 is 14.3 Å². The molecule has 2 N–H and O–H groups in total. The minimum absolute atomic E-state index is 0.300. The fourth-order valence-electron chi connectivity index (χ4n) is 2.46. The second-order valence-electron chi connectivity index (χ2n) is 6.76. The number of nitrogens with zero attached hydrogens (tertiary/aromatic N) is 3. The van der Waals surface area contributed by atoms with E-state index in [4.69, 9.17) is 4.74 Å². The largest absolute Gasteiger partial charge is 0.496 e. The van der Waals surface area contributed by atoms with Gasteiger partial charge in [0.15, 0.2) is 11.0 Å². The summed E-state index contributed by atoms with van der Waals surface area (Å²) in [5.41, 5.74) is 0.793. The van der Waals surface area contributed by atoms with E-state index in [1.165, 1.54) is 11.8 Å². The smallest absolute Gasteiger partial charge is 0.321 e. The first kappa shape index (κ1) is 22.5. The van der Waals surface area contributed by atoms with Crippen LogP contribution in [0.1, 0.15) is 20.8 Å². The zero-order valence-corrected chi connectivity index (χ0v) is 18.0. The quantitative estimate of drug-likeness (QED) is 0.481. The van der Waals surface area contributed by atoms with E-state index in [2.05, 4.69) is 27.4 Å². The molecular weight excluding hydrogens is 390 g/mol. The van der Waals surface area contributed by atoms with Crippen molar-refractivity contribution in [2.45, 2.75) is 37.7 Å². The zero-order valence-electron chi connectivity index (χ0n) is 17.1. The van der Waals surface area contributed by atoms with Gasteiger partial charge in [-0.25, -0.2) is 4.79 Å². The fourth-order valence-corrected chi connectivity index (χ4v) is 3.32. The monoisotopic (exact) mass is 417 g/mol. The van der Waals surface area contributed by atoms with Crippen molar-refractivity contribution in [2.75, 3.05) is 13.7 Å². The number of carbonyl (C=O) groups is 2. The topological polar surface area (TPSA) is 98.1 Å². The van der Waals surface area contributed by atoms with Crippen molar-refractivity contribution in [3.63, 3.8) is 0 Å². The molecule has 0 spiro atoms. The Kier molecular flexibility index (Phi) is 8.26. The van der Waals surface area contributed by atoms with Crippen LogP contribution in [0.15, 0.2) is 42.1 Å². The Labute approximate surface area is 175 Å². The third kappa shape index (κ3) is 6.08. The van der Waals surface area contributed by atoms with E-state index in [0.29, 0.717) is 35.7 Å². The molecule has 9 heteroatoms. The van der Waals surface area contributed by atoms with Crippen LogP contribution in [0.2, 0.25) is 0 Å². The highest BCUT2D eigenvalue weighted by atomic mass is 32.2. The molecule has 29 heavy (non-hydrogen) atoms. The second kappa shape index (κ2) is 10.7. The summed E-state index contributed by atoms with van der Waals surface area (Å²) in [6.45, 7) is 10.4. The van der Waals surface area contributed by atoms with Gasteiger partial charge in [-0.15, -0.1) is 16.8 Å². The maximum atomic E-state index is 12.4. The molecule has 0 saturated carbocycles. The maximum Gasteiger partial charge on any atom is 0.321 e. The van der Waals surface area contributed by atoms with Crippen molar-refractivity contribution in [1.29, 1.82) is 0 Å². The van der Waals surface area contributed by atoms with Gasteiger partial charge in [-0.2, -0.15) is 0 Å². The molecule has 1 heterocycles. The first-order valence-electron chi connectivity index (χ1n) is 9.30. The Morgan fingerprint density at radius 1 is 1.28 bits per heavy atom. The van der Waals surface area contributed by atoms with Gasteiger partial charge in [0, 0.05) is 13.1 Å². The van der Waals surface area contributed by atoms with Crippen LogP contribution in [0, 0.1) is 5.92 Å². The van der Waals surface area contributed by atoms with Crippen molar-refractivity contribution >= 4 is 23.7 Å². The molecule has 2 aromatic rings. The number of hydrogen-bond acceptors (Lipinski definition) is 6. The van der Waals surface area contributed by atoms with Gasteiger partial charge in [0.1, 0.15) is 5.75 Å². The Morgan fingerprint density at radius 3 is 2.66 bits per heavy atom. The van der Waals surface area contributed by atoms with Gasteiger partial charge in [-0.05, 0) is 25.0 Å². The van der Waals surface area contributed by atoms with Gasteiger partial charge in [-0.1, -0.05) is 43.8 Å². The molecule has 8 nitrogen and oxygen atoms in total. The number of ether oxygens (including phenoxy) is 1. The van der Waals surface area contributed by atoms with E-state index < -0.39 is 17.2 Å². The number of urea groups is 1. The summed E-state index contributed by atoms with van der Waals surface area (Å²) in [5, 5.41) is 13.6. The normalized spacial score (nSPS) is 11.8. The van der Waals surface area contributed by atoms with E-state index in [0.717, 1.165) is 5.56 Å². The first-order chi connectivity index (χ1) is 13.9. The average molecular weight is 418 g/mol.